The Balaban J connectivity index is 1.56. The first kappa shape index (κ1) is 19.9. The highest BCUT2D eigenvalue weighted by atomic mass is 16.5. The molecule has 0 spiro atoms. The number of rotatable bonds is 8. The van der Waals surface area contributed by atoms with Crippen molar-refractivity contribution in [3.8, 4) is 5.75 Å². The van der Waals surface area contributed by atoms with Gasteiger partial charge in [-0.1, -0.05) is 18.2 Å². The zero-order valence-electron chi connectivity index (χ0n) is 16.1. The molecule has 0 aliphatic rings. The number of carbonyl (C=O) groups is 2. The van der Waals surface area contributed by atoms with Crippen LogP contribution in [0.5, 0.6) is 5.75 Å². The van der Waals surface area contributed by atoms with Crippen LogP contribution >= 0.6 is 0 Å². The average molecular weight is 390 g/mol. The Labute approximate surface area is 169 Å². The molecule has 1 aromatic heterocycles. The number of hydrogen-bond donors (Lipinski definition) is 2. The molecule has 6 nitrogen and oxygen atoms in total. The molecular weight excluding hydrogens is 368 g/mol. The zero-order chi connectivity index (χ0) is 20.5. The first-order valence-electron chi connectivity index (χ1n) is 9.26. The molecule has 3 rings (SSSR count). The second-order valence-corrected chi connectivity index (χ2v) is 6.17. The van der Waals surface area contributed by atoms with Crippen molar-refractivity contribution in [2.24, 2.45) is 0 Å². The van der Waals surface area contributed by atoms with Crippen molar-refractivity contribution in [3.05, 3.63) is 89.9 Å². The number of nitrogens with one attached hydrogen (secondary N) is 2. The standard InChI is InChI=1S/C23H22N2O4/c1-2-28-20-11-8-17(9-12-20)10-13-22(26)25-19-6-3-5-18(15-19)23(27)24-16-21-7-4-14-29-21/h3-15H,2,16H2,1H3,(H,24,27)(H,25,26)/b13-10+. The molecule has 0 unspecified atom stereocenters. The lowest BCUT2D eigenvalue weighted by atomic mass is 10.1. The Morgan fingerprint density at radius 1 is 1.07 bits per heavy atom. The van der Waals surface area contributed by atoms with Gasteiger partial charge in [-0.2, -0.15) is 0 Å². The van der Waals surface area contributed by atoms with Crippen LogP contribution in [0.1, 0.15) is 28.6 Å². The molecule has 2 amide bonds. The van der Waals surface area contributed by atoms with Crippen LogP contribution in [-0.4, -0.2) is 18.4 Å². The topological polar surface area (TPSA) is 80.6 Å². The van der Waals surface area contributed by atoms with E-state index in [0.29, 0.717) is 30.2 Å². The van der Waals surface area contributed by atoms with Gasteiger partial charge in [-0.05, 0) is 61.0 Å². The van der Waals surface area contributed by atoms with E-state index in [9.17, 15) is 9.59 Å². The zero-order valence-corrected chi connectivity index (χ0v) is 16.1. The molecule has 0 atom stereocenters. The fraction of sp³-hybridized carbons (Fsp3) is 0.130. The van der Waals surface area contributed by atoms with E-state index in [-0.39, 0.29) is 11.8 Å². The molecule has 0 fully saturated rings. The SMILES string of the molecule is CCOc1ccc(/C=C/C(=O)Nc2cccc(C(=O)NCc3ccco3)c2)cc1. The summed E-state index contributed by atoms with van der Waals surface area (Å²) in [4.78, 5) is 24.5. The van der Waals surface area contributed by atoms with E-state index in [1.807, 2.05) is 31.2 Å². The summed E-state index contributed by atoms with van der Waals surface area (Å²) < 4.78 is 10.6. The van der Waals surface area contributed by atoms with Crippen molar-refractivity contribution < 1.29 is 18.7 Å². The number of anilines is 1. The first-order chi connectivity index (χ1) is 14.1. The van der Waals surface area contributed by atoms with E-state index >= 15 is 0 Å². The van der Waals surface area contributed by atoms with E-state index in [4.69, 9.17) is 9.15 Å². The van der Waals surface area contributed by atoms with Gasteiger partial charge in [0.25, 0.3) is 5.91 Å². The fourth-order valence-corrected chi connectivity index (χ4v) is 2.62. The number of benzene rings is 2. The number of amides is 2. The summed E-state index contributed by atoms with van der Waals surface area (Å²) in [6.45, 7) is 2.83. The molecule has 0 radical (unpaired) electrons. The van der Waals surface area contributed by atoms with Gasteiger partial charge in [0.15, 0.2) is 0 Å². The van der Waals surface area contributed by atoms with E-state index in [1.165, 1.54) is 6.08 Å². The molecule has 0 aliphatic heterocycles. The van der Waals surface area contributed by atoms with Crippen LogP contribution in [0.4, 0.5) is 5.69 Å². The Kier molecular flexibility index (Phi) is 6.84. The number of ether oxygens (including phenoxy) is 1. The Bertz CT molecular complexity index is 976. The largest absolute Gasteiger partial charge is 0.494 e. The second kappa shape index (κ2) is 9.94. The van der Waals surface area contributed by atoms with Gasteiger partial charge in [0.05, 0.1) is 19.4 Å². The molecule has 0 saturated carbocycles. The molecule has 148 valence electrons. The second-order valence-electron chi connectivity index (χ2n) is 6.17. The van der Waals surface area contributed by atoms with Gasteiger partial charge in [0.1, 0.15) is 11.5 Å². The van der Waals surface area contributed by atoms with Crippen molar-refractivity contribution >= 4 is 23.6 Å². The van der Waals surface area contributed by atoms with Crippen molar-refractivity contribution in [2.75, 3.05) is 11.9 Å². The summed E-state index contributed by atoms with van der Waals surface area (Å²) in [7, 11) is 0. The van der Waals surface area contributed by atoms with Crippen LogP contribution < -0.4 is 15.4 Å². The van der Waals surface area contributed by atoms with Crippen LogP contribution in [-0.2, 0) is 11.3 Å². The van der Waals surface area contributed by atoms with Crippen LogP contribution in [0.2, 0.25) is 0 Å². The van der Waals surface area contributed by atoms with Crippen LogP contribution in [0.15, 0.2) is 77.4 Å². The lowest BCUT2D eigenvalue weighted by Crippen LogP contribution is -2.22. The van der Waals surface area contributed by atoms with Gasteiger partial charge < -0.3 is 19.8 Å². The van der Waals surface area contributed by atoms with Crippen molar-refractivity contribution in [3.63, 3.8) is 0 Å². The minimum Gasteiger partial charge on any atom is -0.494 e. The van der Waals surface area contributed by atoms with Gasteiger partial charge in [-0.3, -0.25) is 9.59 Å². The fourth-order valence-electron chi connectivity index (χ4n) is 2.62. The normalized spacial score (nSPS) is 10.7. The summed E-state index contributed by atoms with van der Waals surface area (Å²) in [5, 5.41) is 5.53. The van der Waals surface area contributed by atoms with Crippen LogP contribution in [0.3, 0.4) is 0 Å². The van der Waals surface area contributed by atoms with E-state index in [0.717, 1.165) is 11.3 Å². The Morgan fingerprint density at radius 2 is 1.90 bits per heavy atom. The van der Waals surface area contributed by atoms with Crippen molar-refractivity contribution in [1.29, 1.82) is 0 Å². The Morgan fingerprint density at radius 3 is 2.62 bits per heavy atom. The summed E-state index contributed by atoms with van der Waals surface area (Å²) in [6, 6.07) is 17.8. The minimum absolute atomic E-state index is 0.248. The van der Waals surface area contributed by atoms with Crippen LogP contribution in [0, 0.1) is 0 Å². The summed E-state index contributed by atoms with van der Waals surface area (Å²) in [5.41, 5.74) is 1.87. The van der Waals surface area contributed by atoms with E-state index in [2.05, 4.69) is 10.6 Å². The molecule has 2 N–H and O–H groups in total. The van der Waals surface area contributed by atoms with Gasteiger partial charge in [-0.25, -0.2) is 0 Å². The highest BCUT2D eigenvalue weighted by molar-refractivity contribution is 6.03. The maximum Gasteiger partial charge on any atom is 0.251 e. The summed E-state index contributed by atoms with van der Waals surface area (Å²) in [6.07, 6.45) is 4.71. The molecule has 0 bridgehead atoms. The lowest BCUT2D eigenvalue weighted by molar-refractivity contribution is -0.111. The van der Waals surface area contributed by atoms with E-state index in [1.54, 1.807) is 48.7 Å². The third kappa shape index (κ3) is 6.10. The molecular formula is C23H22N2O4. The number of carbonyl (C=O) groups excluding carboxylic acids is 2. The minimum atomic E-state index is -0.285. The highest BCUT2D eigenvalue weighted by Gasteiger charge is 2.08. The average Bonchev–Trinajstić information content (AvgIpc) is 3.26. The summed E-state index contributed by atoms with van der Waals surface area (Å²) >= 11 is 0. The molecule has 2 aromatic carbocycles. The maximum atomic E-state index is 12.3. The quantitative estimate of drug-likeness (QED) is 0.563. The van der Waals surface area contributed by atoms with Crippen molar-refractivity contribution in [2.45, 2.75) is 13.5 Å². The van der Waals surface area contributed by atoms with Gasteiger partial charge in [0.2, 0.25) is 5.91 Å². The smallest absolute Gasteiger partial charge is 0.251 e. The predicted octanol–water partition coefficient (Wildman–Crippen LogP) is 4.26. The van der Waals surface area contributed by atoms with Gasteiger partial charge in [-0.15, -0.1) is 0 Å². The third-order valence-electron chi connectivity index (χ3n) is 4.01. The molecule has 29 heavy (non-hydrogen) atoms. The first-order valence-corrected chi connectivity index (χ1v) is 9.26. The molecule has 1 heterocycles. The molecule has 6 heteroatoms. The lowest BCUT2D eigenvalue weighted by Gasteiger charge is -2.07. The van der Waals surface area contributed by atoms with E-state index < -0.39 is 0 Å². The van der Waals surface area contributed by atoms with Crippen LogP contribution in [0.25, 0.3) is 6.08 Å². The van der Waals surface area contributed by atoms with Crippen molar-refractivity contribution in [1.82, 2.24) is 5.32 Å². The molecule has 0 aliphatic carbocycles. The third-order valence-corrected chi connectivity index (χ3v) is 4.01. The maximum absolute atomic E-state index is 12.3. The predicted molar refractivity (Wildman–Crippen MR) is 112 cm³/mol. The summed E-state index contributed by atoms with van der Waals surface area (Å²) in [5.74, 6) is 0.924. The Hall–Kier alpha value is -3.80. The number of furan rings is 1. The van der Waals surface area contributed by atoms with Gasteiger partial charge in [0, 0.05) is 17.3 Å². The van der Waals surface area contributed by atoms with Gasteiger partial charge >= 0.3 is 0 Å². The highest BCUT2D eigenvalue weighted by Crippen LogP contribution is 2.14. The molecule has 0 saturated heterocycles. The molecule has 3 aromatic rings. The number of hydrogen-bond acceptors (Lipinski definition) is 4. The monoisotopic (exact) mass is 390 g/mol.